The average Bonchev–Trinajstić information content (AvgIpc) is 2.86. The van der Waals surface area contributed by atoms with E-state index in [9.17, 15) is 17.6 Å². The summed E-state index contributed by atoms with van der Waals surface area (Å²) in [7, 11) is 1.57. The molecule has 0 amide bonds. The summed E-state index contributed by atoms with van der Waals surface area (Å²) < 4.78 is 61.7. The lowest BCUT2D eigenvalue weighted by Crippen LogP contribution is -2.42. The number of benzene rings is 1. The zero-order chi connectivity index (χ0) is 15.5. The molecule has 1 fully saturated rings. The first kappa shape index (κ1) is 16.2. The number of methoxy groups -OCH3 is 1. The molecule has 1 atom stereocenters. The van der Waals surface area contributed by atoms with Gasteiger partial charge >= 0.3 is 6.18 Å². The molecule has 1 aliphatic rings. The lowest BCUT2D eigenvalue weighted by atomic mass is 10.0. The molecule has 0 saturated carbocycles. The van der Waals surface area contributed by atoms with Crippen LogP contribution in [0.1, 0.15) is 17.5 Å². The predicted molar refractivity (Wildman–Crippen MR) is 68.3 cm³/mol. The third-order valence-electron chi connectivity index (χ3n) is 3.56. The maximum Gasteiger partial charge on any atom is 0.416 e. The van der Waals surface area contributed by atoms with Gasteiger partial charge in [-0.25, -0.2) is 4.39 Å². The molecule has 1 heterocycles. The molecule has 1 unspecified atom stereocenters. The first-order valence-corrected chi connectivity index (χ1v) is 6.55. The number of rotatable bonds is 5. The van der Waals surface area contributed by atoms with Crippen LogP contribution in [0.15, 0.2) is 18.2 Å². The minimum Gasteiger partial charge on any atom is -0.378 e. The van der Waals surface area contributed by atoms with Gasteiger partial charge in [0.15, 0.2) is 0 Å². The standard InChI is InChI=1S/C14H17F4NO2/c1-20-13(2-3-21-9-13)8-19-7-10-4-11(14(16,17)18)6-12(15)5-10/h4-6,19H,2-3,7-9H2,1H3. The highest BCUT2D eigenvalue weighted by Gasteiger charge is 2.34. The number of halogens is 4. The van der Waals surface area contributed by atoms with E-state index in [1.807, 2.05) is 0 Å². The van der Waals surface area contributed by atoms with Crippen LogP contribution in [0.2, 0.25) is 0 Å². The van der Waals surface area contributed by atoms with Crippen molar-refractivity contribution < 1.29 is 27.0 Å². The highest BCUT2D eigenvalue weighted by atomic mass is 19.4. The molecule has 1 aliphatic heterocycles. The van der Waals surface area contributed by atoms with Crippen LogP contribution in [-0.2, 0) is 22.2 Å². The van der Waals surface area contributed by atoms with Gasteiger partial charge in [0, 0.05) is 33.2 Å². The first-order valence-electron chi connectivity index (χ1n) is 6.55. The van der Waals surface area contributed by atoms with E-state index in [0.717, 1.165) is 12.1 Å². The molecule has 0 radical (unpaired) electrons. The number of ether oxygens (including phenoxy) is 2. The molecule has 0 aliphatic carbocycles. The molecule has 7 heteroatoms. The average molecular weight is 307 g/mol. The van der Waals surface area contributed by atoms with Crippen molar-refractivity contribution in [2.45, 2.75) is 24.7 Å². The highest BCUT2D eigenvalue weighted by Crippen LogP contribution is 2.30. The molecule has 2 rings (SSSR count). The lowest BCUT2D eigenvalue weighted by molar-refractivity contribution is -0.137. The second-order valence-corrected chi connectivity index (χ2v) is 5.14. The minimum absolute atomic E-state index is 0.131. The fourth-order valence-corrected chi connectivity index (χ4v) is 2.31. The van der Waals surface area contributed by atoms with E-state index >= 15 is 0 Å². The topological polar surface area (TPSA) is 30.5 Å². The number of nitrogens with one attached hydrogen (secondary N) is 1. The maximum absolute atomic E-state index is 13.3. The predicted octanol–water partition coefficient (Wildman–Crippen LogP) is 2.74. The fourth-order valence-electron chi connectivity index (χ4n) is 2.31. The van der Waals surface area contributed by atoms with Crippen molar-refractivity contribution in [1.29, 1.82) is 0 Å². The van der Waals surface area contributed by atoms with Crippen molar-refractivity contribution in [3.8, 4) is 0 Å². The van der Waals surface area contributed by atoms with Crippen LogP contribution >= 0.6 is 0 Å². The molecule has 118 valence electrons. The van der Waals surface area contributed by atoms with Crippen LogP contribution in [0.3, 0.4) is 0 Å². The Morgan fingerprint density at radius 2 is 2.10 bits per heavy atom. The van der Waals surface area contributed by atoms with Gasteiger partial charge in [-0.1, -0.05) is 0 Å². The van der Waals surface area contributed by atoms with E-state index in [4.69, 9.17) is 9.47 Å². The van der Waals surface area contributed by atoms with Gasteiger partial charge in [-0.05, 0) is 23.8 Å². The summed E-state index contributed by atoms with van der Waals surface area (Å²) in [4.78, 5) is 0. The summed E-state index contributed by atoms with van der Waals surface area (Å²) >= 11 is 0. The molecule has 1 aromatic rings. The Hall–Kier alpha value is -1.18. The van der Waals surface area contributed by atoms with E-state index in [-0.39, 0.29) is 12.1 Å². The molecule has 0 bridgehead atoms. The third-order valence-corrected chi connectivity index (χ3v) is 3.56. The van der Waals surface area contributed by atoms with Crippen LogP contribution in [0.5, 0.6) is 0 Å². The van der Waals surface area contributed by atoms with Gasteiger partial charge in [0.2, 0.25) is 0 Å². The zero-order valence-electron chi connectivity index (χ0n) is 11.6. The molecule has 1 saturated heterocycles. The van der Waals surface area contributed by atoms with Gasteiger partial charge in [-0.15, -0.1) is 0 Å². The van der Waals surface area contributed by atoms with E-state index < -0.39 is 23.2 Å². The van der Waals surface area contributed by atoms with Gasteiger partial charge in [-0.2, -0.15) is 13.2 Å². The summed E-state index contributed by atoms with van der Waals surface area (Å²) in [6.45, 7) is 1.59. The molecule has 1 aromatic carbocycles. The van der Waals surface area contributed by atoms with Gasteiger partial charge in [0.05, 0.1) is 12.2 Å². The molecule has 0 spiro atoms. The Balaban J connectivity index is 1.98. The summed E-state index contributed by atoms with van der Waals surface area (Å²) in [6.07, 6.45) is -3.84. The molecular weight excluding hydrogens is 290 g/mol. The summed E-state index contributed by atoms with van der Waals surface area (Å²) in [5.74, 6) is -0.896. The summed E-state index contributed by atoms with van der Waals surface area (Å²) in [6, 6.07) is 2.53. The van der Waals surface area contributed by atoms with Crippen molar-refractivity contribution in [2.75, 3.05) is 26.9 Å². The lowest BCUT2D eigenvalue weighted by Gasteiger charge is -2.26. The quantitative estimate of drug-likeness (QED) is 0.849. The SMILES string of the molecule is COC1(CNCc2cc(F)cc(C(F)(F)F)c2)CCOC1. The van der Waals surface area contributed by atoms with Crippen LogP contribution in [-0.4, -0.2) is 32.5 Å². The number of alkyl halides is 3. The van der Waals surface area contributed by atoms with Crippen molar-refractivity contribution in [1.82, 2.24) is 5.32 Å². The molecule has 3 nitrogen and oxygen atoms in total. The summed E-state index contributed by atoms with van der Waals surface area (Å²) in [5.41, 5.74) is -1.20. The normalized spacial score (nSPS) is 22.7. The summed E-state index contributed by atoms with van der Waals surface area (Å²) in [5, 5.41) is 3.00. The van der Waals surface area contributed by atoms with Crippen molar-refractivity contribution >= 4 is 0 Å². The number of hydrogen-bond donors (Lipinski definition) is 1. The minimum atomic E-state index is -4.55. The molecule has 1 N–H and O–H groups in total. The van der Waals surface area contributed by atoms with E-state index in [1.54, 1.807) is 7.11 Å². The smallest absolute Gasteiger partial charge is 0.378 e. The second-order valence-electron chi connectivity index (χ2n) is 5.14. The Bertz CT molecular complexity index is 484. The van der Waals surface area contributed by atoms with Crippen LogP contribution in [0.4, 0.5) is 17.6 Å². The highest BCUT2D eigenvalue weighted by molar-refractivity contribution is 5.26. The molecule has 21 heavy (non-hydrogen) atoms. The second kappa shape index (κ2) is 6.29. The Morgan fingerprint density at radius 3 is 2.67 bits per heavy atom. The Labute approximate surface area is 120 Å². The van der Waals surface area contributed by atoms with Crippen LogP contribution in [0, 0.1) is 5.82 Å². The van der Waals surface area contributed by atoms with Crippen LogP contribution in [0.25, 0.3) is 0 Å². The van der Waals surface area contributed by atoms with Crippen molar-refractivity contribution in [3.63, 3.8) is 0 Å². The third kappa shape index (κ3) is 4.15. The monoisotopic (exact) mass is 307 g/mol. The van der Waals surface area contributed by atoms with Crippen molar-refractivity contribution in [2.24, 2.45) is 0 Å². The first-order chi connectivity index (χ1) is 9.85. The fraction of sp³-hybridized carbons (Fsp3) is 0.571. The molecular formula is C14H17F4NO2. The van der Waals surface area contributed by atoms with Gasteiger partial charge < -0.3 is 14.8 Å². The largest absolute Gasteiger partial charge is 0.416 e. The Morgan fingerprint density at radius 1 is 1.33 bits per heavy atom. The van der Waals surface area contributed by atoms with E-state index in [0.29, 0.717) is 32.2 Å². The van der Waals surface area contributed by atoms with Gasteiger partial charge in [0.25, 0.3) is 0 Å². The molecule has 0 aromatic heterocycles. The van der Waals surface area contributed by atoms with Crippen molar-refractivity contribution in [3.05, 3.63) is 35.1 Å². The van der Waals surface area contributed by atoms with E-state index in [1.165, 1.54) is 0 Å². The maximum atomic E-state index is 13.3. The van der Waals surface area contributed by atoms with Crippen LogP contribution < -0.4 is 5.32 Å². The Kier molecular flexibility index (Phi) is 4.85. The van der Waals surface area contributed by atoms with Gasteiger partial charge in [0.1, 0.15) is 11.4 Å². The van der Waals surface area contributed by atoms with E-state index in [2.05, 4.69) is 5.32 Å². The number of hydrogen-bond acceptors (Lipinski definition) is 3. The zero-order valence-corrected chi connectivity index (χ0v) is 11.6. The van der Waals surface area contributed by atoms with Gasteiger partial charge in [-0.3, -0.25) is 0 Å².